The summed E-state index contributed by atoms with van der Waals surface area (Å²) in [6.45, 7) is -1.17. The lowest BCUT2D eigenvalue weighted by molar-refractivity contribution is -0.153. The molecule has 4 N–H and O–H groups in total. The van der Waals surface area contributed by atoms with E-state index in [1.54, 1.807) is 6.07 Å². The average Bonchev–Trinajstić information content (AvgIpc) is 2.33. The van der Waals surface area contributed by atoms with Crippen LogP contribution in [-0.4, -0.2) is 25.9 Å². The predicted molar refractivity (Wildman–Crippen MR) is 79.5 cm³/mol. The molecule has 0 amide bonds. The van der Waals surface area contributed by atoms with Crippen molar-refractivity contribution in [3.8, 4) is 11.5 Å². The maximum atomic E-state index is 12.1. The van der Waals surface area contributed by atoms with Crippen LogP contribution in [0, 0.1) is 0 Å². The quantitative estimate of drug-likeness (QED) is 0.446. The zero-order valence-electron chi connectivity index (χ0n) is 10.6. The molecule has 0 atom stereocenters. The third kappa shape index (κ3) is 6.68. The second kappa shape index (κ2) is 8.02. The predicted octanol–water partition coefficient (Wildman–Crippen LogP) is 2.03. The van der Waals surface area contributed by atoms with Crippen LogP contribution in [0.1, 0.15) is 5.56 Å². The van der Waals surface area contributed by atoms with Crippen LogP contribution in [0.15, 0.2) is 23.2 Å². The van der Waals surface area contributed by atoms with Gasteiger partial charge in [-0.2, -0.15) is 13.2 Å². The number of nitrogens with zero attached hydrogens (tertiary/aromatic N) is 1. The molecule has 114 valence electrons. The topological polar surface area (TPSA) is 82.9 Å². The number of benzene rings is 1. The molecule has 0 aromatic heterocycles. The summed E-state index contributed by atoms with van der Waals surface area (Å²) in [5.74, 6) is 0.122. The van der Waals surface area contributed by atoms with Crippen molar-refractivity contribution in [1.82, 2.24) is 0 Å². The fourth-order valence-corrected chi connectivity index (χ4v) is 1.27. The number of hydrogen-bond acceptors (Lipinski definition) is 3. The first kappa shape index (κ1) is 18.6. The molecule has 0 radical (unpaired) electrons. The third-order valence-electron chi connectivity index (χ3n) is 2.06. The Hall–Kier alpha value is -1.39. The van der Waals surface area contributed by atoms with Gasteiger partial charge in [0, 0.05) is 0 Å². The molecule has 0 unspecified atom stereocenters. The van der Waals surface area contributed by atoms with Gasteiger partial charge in [-0.15, -0.1) is 24.0 Å². The van der Waals surface area contributed by atoms with Crippen molar-refractivity contribution in [2.45, 2.75) is 12.7 Å². The van der Waals surface area contributed by atoms with Crippen molar-refractivity contribution in [2.75, 3.05) is 13.7 Å². The van der Waals surface area contributed by atoms with Gasteiger partial charge >= 0.3 is 6.18 Å². The van der Waals surface area contributed by atoms with Crippen molar-refractivity contribution >= 4 is 29.9 Å². The van der Waals surface area contributed by atoms with Crippen molar-refractivity contribution in [2.24, 2.45) is 16.5 Å². The van der Waals surface area contributed by atoms with Crippen LogP contribution in [0.25, 0.3) is 0 Å². The lowest BCUT2D eigenvalue weighted by Crippen LogP contribution is -2.22. The first-order valence-electron chi connectivity index (χ1n) is 5.23. The molecule has 20 heavy (non-hydrogen) atoms. The van der Waals surface area contributed by atoms with Gasteiger partial charge in [-0.1, -0.05) is 6.07 Å². The molecule has 1 aromatic carbocycles. The molecule has 0 fully saturated rings. The van der Waals surface area contributed by atoms with Crippen LogP contribution in [0.5, 0.6) is 11.5 Å². The zero-order chi connectivity index (χ0) is 14.5. The van der Waals surface area contributed by atoms with Crippen LogP contribution in [0.4, 0.5) is 13.2 Å². The second-order valence-corrected chi connectivity index (χ2v) is 3.63. The fraction of sp³-hybridized carbons (Fsp3) is 0.364. The van der Waals surface area contributed by atoms with Crippen LogP contribution < -0.4 is 20.9 Å². The van der Waals surface area contributed by atoms with Gasteiger partial charge in [-0.3, -0.25) is 0 Å². The van der Waals surface area contributed by atoms with Crippen LogP contribution in [0.3, 0.4) is 0 Å². The smallest absolute Gasteiger partial charge is 0.422 e. The Bertz CT molecular complexity index is 463. The van der Waals surface area contributed by atoms with E-state index in [1.807, 2.05) is 0 Å². The number of guanidine groups is 1. The molecule has 5 nitrogen and oxygen atoms in total. The van der Waals surface area contributed by atoms with Gasteiger partial charge in [0.15, 0.2) is 24.1 Å². The second-order valence-electron chi connectivity index (χ2n) is 3.63. The molecule has 1 aromatic rings. The highest BCUT2D eigenvalue weighted by molar-refractivity contribution is 14.0. The summed E-state index contributed by atoms with van der Waals surface area (Å²) in [6, 6.07) is 4.45. The lowest BCUT2D eigenvalue weighted by atomic mass is 10.2. The number of hydrogen-bond donors (Lipinski definition) is 2. The lowest BCUT2D eigenvalue weighted by Gasteiger charge is -2.13. The standard InChI is InChI=1S/C11H14F3N3O2.HI/c1-18-9-4-7(5-17-10(15)16)2-3-8(9)19-6-11(12,13)14;/h2-4H,5-6H2,1H3,(H4,15,16,17);1H. The first-order valence-corrected chi connectivity index (χ1v) is 5.23. The summed E-state index contributed by atoms with van der Waals surface area (Å²) in [6.07, 6.45) is -4.40. The SMILES string of the molecule is COc1cc(CN=C(N)N)ccc1OCC(F)(F)F.I. The van der Waals surface area contributed by atoms with Gasteiger partial charge in [-0.05, 0) is 17.7 Å². The minimum atomic E-state index is -4.40. The van der Waals surface area contributed by atoms with E-state index in [9.17, 15) is 13.2 Å². The molecular formula is C11H15F3IN3O2. The maximum absolute atomic E-state index is 12.1. The van der Waals surface area contributed by atoms with Gasteiger partial charge in [0.1, 0.15) is 0 Å². The molecule has 0 aliphatic heterocycles. The van der Waals surface area contributed by atoms with E-state index in [0.717, 1.165) is 0 Å². The van der Waals surface area contributed by atoms with Gasteiger partial charge in [0.05, 0.1) is 13.7 Å². The highest BCUT2D eigenvalue weighted by atomic mass is 127. The van der Waals surface area contributed by atoms with Crippen molar-refractivity contribution < 1.29 is 22.6 Å². The van der Waals surface area contributed by atoms with Gasteiger partial charge in [0.2, 0.25) is 0 Å². The summed E-state index contributed by atoms with van der Waals surface area (Å²) >= 11 is 0. The van der Waals surface area contributed by atoms with Gasteiger partial charge in [0.25, 0.3) is 0 Å². The Balaban J connectivity index is 0.00000361. The first-order chi connectivity index (χ1) is 8.81. The number of nitrogens with two attached hydrogens (primary N) is 2. The van der Waals surface area contributed by atoms with E-state index < -0.39 is 12.8 Å². The molecule has 1 rings (SSSR count). The van der Waals surface area contributed by atoms with Gasteiger partial charge < -0.3 is 20.9 Å². The molecule has 0 aliphatic rings. The molecule has 9 heteroatoms. The van der Waals surface area contributed by atoms with Crippen LogP contribution in [0.2, 0.25) is 0 Å². The number of halogens is 4. The molecule has 0 aliphatic carbocycles. The number of alkyl halides is 3. The highest BCUT2D eigenvalue weighted by Gasteiger charge is 2.28. The monoisotopic (exact) mass is 405 g/mol. The van der Waals surface area contributed by atoms with Gasteiger partial charge in [-0.25, -0.2) is 4.99 Å². The molecule has 0 bridgehead atoms. The van der Waals surface area contributed by atoms with E-state index in [1.165, 1.54) is 19.2 Å². The highest BCUT2D eigenvalue weighted by Crippen LogP contribution is 2.29. The molecule has 0 saturated carbocycles. The van der Waals surface area contributed by atoms with Crippen LogP contribution in [-0.2, 0) is 6.54 Å². The number of aliphatic imine (C=N–C) groups is 1. The Kier molecular flexibility index (Phi) is 7.46. The maximum Gasteiger partial charge on any atom is 0.422 e. The number of methoxy groups -OCH3 is 1. The Labute approximate surface area is 131 Å². The van der Waals surface area contributed by atoms with Crippen molar-refractivity contribution in [3.05, 3.63) is 23.8 Å². The van der Waals surface area contributed by atoms with E-state index in [4.69, 9.17) is 16.2 Å². The summed E-state index contributed by atoms with van der Waals surface area (Å²) in [4.78, 5) is 3.78. The summed E-state index contributed by atoms with van der Waals surface area (Å²) < 4.78 is 45.8. The van der Waals surface area contributed by atoms with Crippen molar-refractivity contribution in [1.29, 1.82) is 0 Å². The Morgan fingerprint density at radius 1 is 1.25 bits per heavy atom. The van der Waals surface area contributed by atoms with E-state index in [2.05, 4.69) is 9.73 Å². The van der Waals surface area contributed by atoms with Crippen LogP contribution >= 0.6 is 24.0 Å². The Morgan fingerprint density at radius 2 is 1.90 bits per heavy atom. The number of ether oxygens (including phenoxy) is 2. The zero-order valence-corrected chi connectivity index (χ0v) is 12.9. The fourth-order valence-electron chi connectivity index (χ4n) is 1.27. The Morgan fingerprint density at radius 3 is 2.40 bits per heavy atom. The van der Waals surface area contributed by atoms with E-state index in [0.29, 0.717) is 5.56 Å². The van der Waals surface area contributed by atoms with E-state index in [-0.39, 0.29) is 48.0 Å². The minimum Gasteiger partial charge on any atom is -0.493 e. The third-order valence-corrected chi connectivity index (χ3v) is 2.06. The summed E-state index contributed by atoms with van der Waals surface area (Å²) in [7, 11) is 1.33. The summed E-state index contributed by atoms with van der Waals surface area (Å²) in [5.41, 5.74) is 11.1. The molecule has 0 heterocycles. The van der Waals surface area contributed by atoms with Crippen molar-refractivity contribution in [3.63, 3.8) is 0 Å². The minimum absolute atomic E-state index is 0. The normalized spacial score (nSPS) is 10.4. The largest absolute Gasteiger partial charge is 0.493 e. The average molecular weight is 405 g/mol. The molecule has 0 saturated heterocycles. The molecular weight excluding hydrogens is 390 g/mol. The molecule has 0 spiro atoms. The number of rotatable bonds is 5. The van der Waals surface area contributed by atoms with E-state index >= 15 is 0 Å². The summed E-state index contributed by atoms with van der Waals surface area (Å²) in [5, 5.41) is 0.